The lowest BCUT2D eigenvalue weighted by atomic mass is 10.2. The van der Waals surface area contributed by atoms with Crippen molar-refractivity contribution in [3.63, 3.8) is 0 Å². The van der Waals surface area contributed by atoms with Crippen LogP contribution < -0.4 is 4.72 Å². The molecule has 0 spiro atoms. The third kappa shape index (κ3) is 2.64. The van der Waals surface area contributed by atoms with Crippen molar-refractivity contribution in [3.8, 4) is 6.07 Å². The van der Waals surface area contributed by atoms with Crippen molar-refractivity contribution in [2.45, 2.75) is 11.1 Å². The maximum absolute atomic E-state index is 13.8. The number of benzene rings is 1. The van der Waals surface area contributed by atoms with E-state index < -0.39 is 27.3 Å². The molecule has 0 amide bonds. The number of nitrogens with one attached hydrogen (secondary N) is 1. The molecule has 1 aromatic heterocycles. The van der Waals surface area contributed by atoms with Crippen molar-refractivity contribution in [1.82, 2.24) is 0 Å². The van der Waals surface area contributed by atoms with Gasteiger partial charge in [-0.1, -0.05) is 6.07 Å². The zero-order valence-corrected chi connectivity index (χ0v) is 11.8. The van der Waals surface area contributed by atoms with Gasteiger partial charge in [0, 0.05) is 0 Å². The van der Waals surface area contributed by atoms with Crippen molar-refractivity contribution >= 4 is 27.0 Å². The van der Waals surface area contributed by atoms with Crippen LogP contribution in [0.1, 0.15) is 10.4 Å². The molecule has 1 N–H and O–H groups in total. The Morgan fingerprint density at radius 3 is 2.55 bits per heavy atom. The van der Waals surface area contributed by atoms with Gasteiger partial charge in [0.05, 0.1) is 0 Å². The van der Waals surface area contributed by atoms with Gasteiger partial charge in [-0.05, 0) is 30.7 Å². The van der Waals surface area contributed by atoms with Gasteiger partial charge in [0.15, 0.2) is 5.82 Å². The minimum atomic E-state index is -4.13. The van der Waals surface area contributed by atoms with Crippen LogP contribution >= 0.6 is 11.3 Å². The molecule has 0 bridgehead atoms. The molecule has 0 unspecified atom stereocenters. The van der Waals surface area contributed by atoms with E-state index in [1.807, 2.05) is 4.72 Å². The van der Waals surface area contributed by atoms with Crippen LogP contribution in [0.15, 0.2) is 28.5 Å². The summed E-state index contributed by atoms with van der Waals surface area (Å²) in [6.07, 6.45) is 0. The normalized spacial score (nSPS) is 11.1. The summed E-state index contributed by atoms with van der Waals surface area (Å²) in [6, 6.07) is 6.51. The maximum Gasteiger partial charge on any atom is 0.271 e. The van der Waals surface area contributed by atoms with Crippen molar-refractivity contribution < 1.29 is 17.2 Å². The Hall–Kier alpha value is -1.98. The van der Waals surface area contributed by atoms with Gasteiger partial charge in [0.25, 0.3) is 10.0 Å². The number of nitrogens with zero attached hydrogens (tertiary/aromatic N) is 1. The van der Waals surface area contributed by atoms with E-state index in [-0.39, 0.29) is 14.6 Å². The van der Waals surface area contributed by atoms with E-state index in [4.69, 9.17) is 5.26 Å². The first-order chi connectivity index (χ1) is 9.35. The van der Waals surface area contributed by atoms with Gasteiger partial charge in [-0.2, -0.15) is 5.26 Å². The standard InChI is InChI=1S/C12H8F2N2O2S2/c1-7-2-4-9(13)12(11(7)14)16-20(17,18)10-5-3-8(6-15)19-10/h2-5,16H,1H3. The molecule has 8 heteroatoms. The molecule has 104 valence electrons. The Morgan fingerprint density at radius 1 is 1.25 bits per heavy atom. The minimum absolute atomic E-state index is 0.119. The van der Waals surface area contributed by atoms with Gasteiger partial charge in [-0.25, -0.2) is 17.2 Å². The highest BCUT2D eigenvalue weighted by atomic mass is 32.2. The number of halogens is 2. The largest absolute Gasteiger partial charge is 0.273 e. The van der Waals surface area contributed by atoms with Crippen LogP contribution in [-0.4, -0.2) is 8.42 Å². The van der Waals surface area contributed by atoms with Crippen LogP contribution in [0.2, 0.25) is 0 Å². The maximum atomic E-state index is 13.8. The molecule has 1 aromatic carbocycles. The number of rotatable bonds is 3. The van der Waals surface area contributed by atoms with Crippen LogP contribution in [0, 0.1) is 29.9 Å². The van der Waals surface area contributed by atoms with Gasteiger partial charge in [0.1, 0.15) is 26.7 Å². The highest BCUT2D eigenvalue weighted by Gasteiger charge is 2.21. The lowest BCUT2D eigenvalue weighted by Gasteiger charge is -2.09. The Labute approximate surface area is 118 Å². The van der Waals surface area contributed by atoms with Crippen molar-refractivity contribution in [2.75, 3.05) is 4.72 Å². The van der Waals surface area contributed by atoms with E-state index in [0.717, 1.165) is 17.4 Å². The highest BCUT2D eigenvalue weighted by molar-refractivity contribution is 7.94. The van der Waals surface area contributed by atoms with Crippen LogP contribution in [-0.2, 0) is 10.0 Å². The highest BCUT2D eigenvalue weighted by Crippen LogP contribution is 2.27. The summed E-state index contributed by atoms with van der Waals surface area (Å²) in [5, 5.41) is 8.66. The summed E-state index contributed by atoms with van der Waals surface area (Å²) in [5.41, 5.74) is -0.607. The Morgan fingerprint density at radius 2 is 1.95 bits per heavy atom. The fourth-order valence-corrected chi connectivity index (χ4v) is 3.63. The first kappa shape index (κ1) is 14.4. The van der Waals surface area contributed by atoms with Gasteiger partial charge >= 0.3 is 0 Å². The van der Waals surface area contributed by atoms with Crippen molar-refractivity contribution in [1.29, 1.82) is 5.26 Å². The number of nitriles is 1. The van der Waals surface area contributed by atoms with Crippen LogP contribution in [0.25, 0.3) is 0 Å². The number of aryl methyl sites for hydroxylation is 1. The third-order valence-corrected chi connectivity index (χ3v) is 5.31. The number of thiophene rings is 1. The van der Waals surface area contributed by atoms with E-state index >= 15 is 0 Å². The zero-order valence-electron chi connectivity index (χ0n) is 10.1. The minimum Gasteiger partial charge on any atom is -0.273 e. The van der Waals surface area contributed by atoms with Gasteiger partial charge in [-0.3, -0.25) is 4.72 Å². The molecule has 0 saturated heterocycles. The van der Waals surface area contributed by atoms with E-state index in [1.54, 1.807) is 6.07 Å². The predicted molar refractivity (Wildman–Crippen MR) is 70.9 cm³/mol. The molecule has 2 aromatic rings. The number of anilines is 1. The van der Waals surface area contributed by atoms with Crippen LogP contribution in [0.4, 0.5) is 14.5 Å². The second-order valence-electron chi connectivity index (χ2n) is 3.89. The molecule has 0 aliphatic carbocycles. The molecule has 20 heavy (non-hydrogen) atoms. The summed E-state index contributed by atoms with van der Waals surface area (Å²) in [7, 11) is -4.13. The second kappa shape index (κ2) is 5.19. The Balaban J connectivity index is 2.44. The van der Waals surface area contributed by atoms with Gasteiger partial charge in [0.2, 0.25) is 0 Å². The van der Waals surface area contributed by atoms with Gasteiger partial charge in [-0.15, -0.1) is 11.3 Å². The molecule has 4 nitrogen and oxygen atoms in total. The Bertz CT molecular complexity index is 807. The number of hydrogen-bond acceptors (Lipinski definition) is 4. The van der Waals surface area contributed by atoms with Crippen LogP contribution in [0.5, 0.6) is 0 Å². The fourth-order valence-electron chi connectivity index (χ4n) is 1.46. The molecule has 0 aliphatic heterocycles. The summed E-state index contributed by atoms with van der Waals surface area (Å²) in [4.78, 5) is 0.190. The average molecular weight is 314 g/mol. The lowest BCUT2D eigenvalue weighted by Crippen LogP contribution is -2.14. The SMILES string of the molecule is Cc1ccc(F)c(NS(=O)(=O)c2ccc(C#N)s2)c1F. The molecule has 0 atom stereocenters. The second-order valence-corrected chi connectivity index (χ2v) is 6.88. The topological polar surface area (TPSA) is 70.0 Å². The molecule has 2 rings (SSSR count). The fraction of sp³-hybridized carbons (Fsp3) is 0.0833. The van der Waals surface area contributed by atoms with Gasteiger partial charge < -0.3 is 0 Å². The monoisotopic (exact) mass is 314 g/mol. The molecule has 0 radical (unpaired) electrons. The summed E-state index contributed by atoms with van der Waals surface area (Å²) in [5.74, 6) is -1.97. The zero-order chi connectivity index (χ0) is 14.9. The number of sulfonamides is 1. The first-order valence-electron chi connectivity index (χ1n) is 5.32. The summed E-state index contributed by atoms with van der Waals surface area (Å²) in [6.45, 7) is 1.39. The third-order valence-electron chi connectivity index (χ3n) is 2.48. The molecule has 0 aliphatic rings. The molecule has 0 fully saturated rings. The first-order valence-corrected chi connectivity index (χ1v) is 7.62. The van der Waals surface area contributed by atoms with E-state index in [9.17, 15) is 17.2 Å². The smallest absolute Gasteiger partial charge is 0.271 e. The summed E-state index contributed by atoms with van der Waals surface area (Å²) < 4.78 is 53.0. The van der Waals surface area contributed by atoms with E-state index in [2.05, 4.69) is 0 Å². The number of hydrogen-bond donors (Lipinski definition) is 1. The van der Waals surface area contributed by atoms with E-state index in [0.29, 0.717) is 0 Å². The van der Waals surface area contributed by atoms with Crippen LogP contribution in [0.3, 0.4) is 0 Å². The molecular formula is C12H8F2N2O2S2. The lowest BCUT2D eigenvalue weighted by molar-refractivity contribution is 0.579. The molecule has 0 saturated carbocycles. The predicted octanol–water partition coefficient (Wildman–Crippen LogP) is 3.01. The van der Waals surface area contributed by atoms with Crippen molar-refractivity contribution in [2.24, 2.45) is 0 Å². The molecule has 1 heterocycles. The van der Waals surface area contributed by atoms with E-state index in [1.165, 1.54) is 25.1 Å². The molecular weight excluding hydrogens is 306 g/mol. The summed E-state index contributed by atoms with van der Waals surface area (Å²) >= 11 is 0.719. The Kier molecular flexibility index (Phi) is 3.74. The average Bonchev–Trinajstić information content (AvgIpc) is 2.89. The quantitative estimate of drug-likeness (QED) is 0.946. The van der Waals surface area contributed by atoms with Crippen molar-refractivity contribution in [3.05, 3.63) is 46.3 Å².